The second kappa shape index (κ2) is 21.3. The minimum Gasteiger partial charge on any atom is -0.381 e. The van der Waals surface area contributed by atoms with Gasteiger partial charge in [0, 0.05) is 37.7 Å². The van der Waals surface area contributed by atoms with Crippen LogP contribution in [-0.4, -0.2) is 60.7 Å². The zero-order chi connectivity index (χ0) is 42.6. The fraction of sp³-hybridized carbons (Fsp3) is 0.500. The summed E-state index contributed by atoms with van der Waals surface area (Å²) in [6.45, 7) is 19.2. The number of benzene rings is 1. The second-order valence-corrected chi connectivity index (χ2v) is 15.3. The second-order valence-electron chi connectivity index (χ2n) is 14.6. The van der Waals surface area contributed by atoms with E-state index in [2.05, 4.69) is 62.9 Å². The van der Waals surface area contributed by atoms with Crippen LogP contribution in [0.2, 0.25) is 0 Å². The van der Waals surface area contributed by atoms with E-state index in [1.807, 2.05) is 32.8 Å². The lowest BCUT2D eigenvalue weighted by molar-refractivity contribution is -0.137. The van der Waals surface area contributed by atoms with Gasteiger partial charge >= 0.3 is 12.4 Å². The molecule has 1 fully saturated rings. The Morgan fingerprint density at radius 1 is 1.05 bits per heavy atom. The molecule has 1 saturated carbocycles. The first-order valence-electron chi connectivity index (χ1n) is 19.6. The van der Waals surface area contributed by atoms with Crippen LogP contribution in [0.1, 0.15) is 110 Å². The van der Waals surface area contributed by atoms with Crippen LogP contribution in [-0.2, 0) is 15.7 Å². The summed E-state index contributed by atoms with van der Waals surface area (Å²) in [5.74, 6) is -0.639. The molecule has 0 saturated heterocycles. The molecule has 1 aromatic carbocycles. The third kappa shape index (κ3) is 12.6. The van der Waals surface area contributed by atoms with Crippen molar-refractivity contribution in [2.24, 2.45) is 4.99 Å². The lowest BCUT2D eigenvalue weighted by atomic mass is 9.81. The van der Waals surface area contributed by atoms with E-state index in [1.165, 1.54) is 26.2 Å². The van der Waals surface area contributed by atoms with Gasteiger partial charge in [-0.3, -0.25) is 9.79 Å². The van der Waals surface area contributed by atoms with Gasteiger partial charge in [-0.2, -0.15) is 26.3 Å². The van der Waals surface area contributed by atoms with Crippen LogP contribution < -0.4 is 5.32 Å². The van der Waals surface area contributed by atoms with Crippen molar-refractivity contribution in [3.63, 3.8) is 0 Å². The van der Waals surface area contributed by atoms with Crippen molar-refractivity contribution in [2.75, 3.05) is 32.1 Å². The molecule has 57 heavy (non-hydrogen) atoms. The number of hydrazine groups is 1. The lowest BCUT2D eigenvalue weighted by Crippen LogP contribution is -2.58. The van der Waals surface area contributed by atoms with E-state index in [0.29, 0.717) is 31.0 Å². The molecule has 1 aliphatic heterocycles. The highest BCUT2D eigenvalue weighted by Gasteiger charge is 2.48. The number of likely N-dealkylation sites (N-methyl/N-ethyl adjacent to an activating group) is 1. The SMILES string of the molecule is C=C(/C=C(\N=CC)C(F)(F)F)c1cc(C(F)(F)F)ccc1NC(=O)C1=C(C)C2(CCCC2)N(C)N(C/C(C)=C/C=C(CCCOCCCCCC)\C(P)=C\C)C1=C. The highest BCUT2D eigenvalue weighted by molar-refractivity contribution is 7.23. The maximum atomic E-state index is 14.4. The highest BCUT2D eigenvalue weighted by Crippen LogP contribution is 2.48. The Morgan fingerprint density at radius 3 is 2.32 bits per heavy atom. The van der Waals surface area contributed by atoms with Crippen molar-refractivity contribution >= 4 is 32.6 Å². The van der Waals surface area contributed by atoms with Gasteiger partial charge in [0.1, 0.15) is 5.70 Å². The molecular formula is C44H59F6N4O2P. The zero-order valence-electron chi connectivity index (χ0n) is 34.2. The number of carbonyl (C=O) groups is 1. The number of rotatable bonds is 18. The highest BCUT2D eigenvalue weighted by atomic mass is 31.0. The summed E-state index contributed by atoms with van der Waals surface area (Å²) in [4.78, 5) is 17.7. The number of carbonyl (C=O) groups excluding carboxylic acids is 1. The maximum Gasteiger partial charge on any atom is 0.433 e. The molecule has 314 valence electrons. The average Bonchev–Trinajstić information content (AvgIpc) is 3.65. The number of hydrogen-bond donors (Lipinski definition) is 1. The Bertz CT molecular complexity index is 1800. The molecule has 2 aliphatic rings. The van der Waals surface area contributed by atoms with Crippen LogP contribution >= 0.6 is 9.24 Å². The van der Waals surface area contributed by atoms with Gasteiger partial charge in [-0.25, -0.2) is 5.01 Å². The van der Waals surface area contributed by atoms with Gasteiger partial charge in [0.2, 0.25) is 0 Å². The number of unbranched alkanes of at least 4 members (excludes halogenated alkanes) is 3. The molecule has 0 aromatic heterocycles. The molecular weight excluding hydrogens is 761 g/mol. The molecule has 1 N–H and O–H groups in total. The fourth-order valence-electron chi connectivity index (χ4n) is 7.39. The van der Waals surface area contributed by atoms with Crippen molar-refractivity contribution in [3.8, 4) is 0 Å². The van der Waals surface area contributed by atoms with Crippen molar-refractivity contribution < 1.29 is 35.9 Å². The minimum atomic E-state index is -4.90. The van der Waals surface area contributed by atoms with E-state index in [1.54, 1.807) is 0 Å². The number of ether oxygens (including phenoxy) is 1. The van der Waals surface area contributed by atoms with Crippen molar-refractivity contribution in [3.05, 3.63) is 106 Å². The summed E-state index contributed by atoms with van der Waals surface area (Å²) in [5, 5.41) is 7.92. The van der Waals surface area contributed by atoms with Crippen LogP contribution in [0, 0.1) is 0 Å². The molecule has 1 spiro atoms. The van der Waals surface area contributed by atoms with Crippen molar-refractivity contribution in [1.29, 1.82) is 0 Å². The molecule has 1 aromatic rings. The summed E-state index contributed by atoms with van der Waals surface area (Å²) in [7, 11) is 4.78. The Balaban J connectivity index is 1.96. The molecule has 0 radical (unpaired) electrons. The summed E-state index contributed by atoms with van der Waals surface area (Å²) in [6.07, 6.45) is 7.79. The Morgan fingerprint density at radius 2 is 1.72 bits per heavy atom. The van der Waals surface area contributed by atoms with Gasteiger partial charge in [-0.1, -0.05) is 76.0 Å². The van der Waals surface area contributed by atoms with Crippen LogP contribution in [0.4, 0.5) is 32.0 Å². The predicted molar refractivity (Wildman–Crippen MR) is 224 cm³/mol. The van der Waals surface area contributed by atoms with Crippen LogP contribution in [0.5, 0.6) is 0 Å². The number of hydrogen-bond acceptors (Lipinski definition) is 5. The molecule has 1 unspecified atom stereocenters. The van der Waals surface area contributed by atoms with Gasteiger partial charge in [-0.15, -0.1) is 9.24 Å². The zero-order valence-corrected chi connectivity index (χ0v) is 35.4. The number of nitrogens with one attached hydrogen (secondary N) is 1. The Hall–Kier alpha value is -3.73. The molecule has 3 rings (SSSR count). The van der Waals surface area contributed by atoms with E-state index in [4.69, 9.17) is 4.74 Å². The third-order valence-corrected chi connectivity index (χ3v) is 11.4. The van der Waals surface area contributed by atoms with Gasteiger partial charge < -0.3 is 15.1 Å². The molecule has 0 bridgehead atoms. The number of alkyl halides is 6. The van der Waals surface area contributed by atoms with Crippen LogP contribution in [0.15, 0.2) is 99.7 Å². The topological polar surface area (TPSA) is 57.2 Å². The molecule has 1 heterocycles. The molecule has 1 amide bonds. The molecule has 1 aliphatic carbocycles. The van der Waals surface area contributed by atoms with Gasteiger partial charge in [0.05, 0.1) is 28.9 Å². The molecule has 1 atom stereocenters. The Labute approximate surface area is 337 Å². The Kier molecular flexibility index (Phi) is 17.8. The summed E-state index contributed by atoms with van der Waals surface area (Å²) in [5.41, 5.74) is -0.259. The first kappa shape index (κ1) is 47.6. The maximum absolute atomic E-state index is 14.4. The minimum absolute atomic E-state index is 0.136. The summed E-state index contributed by atoms with van der Waals surface area (Å²) < 4.78 is 88.6. The van der Waals surface area contributed by atoms with Crippen LogP contribution in [0.25, 0.3) is 5.57 Å². The third-order valence-electron chi connectivity index (χ3n) is 10.7. The van der Waals surface area contributed by atoms with E-state index in [0.717, 1.165) is 91.9 Å². The monoisotopic (exact) mass is 820 g/mol. The molecule has 13 heteroatoms. The van der Waals surface area contributed by atoms with Gasteiger partial charge in [0.25, 0.3) is 5.91 Å². The normalized spacial score (nSPS) is 17.8. The predicted octanol–water partition coefficient (Wildman–Crippen LogP) is 12.5. The number of anilines is 1. The quantitative estimate of drug-likeness (QED) is 0.0527. The summed E-state index contributed by atoms with van der Waals surface area (Å²) in [6, 6.07) is 2.48. The standard InChI is InChI=1S/C44H59F6N4O2P/c1-9-12-13-16-25-56-26-17-18-34(38(57)10-2)20-19-30(4)29-54-33(7)40(32(6)42(53(54)8)23-14-15-24-42)41(55)52-37-22-21-35(43(45,46)47)28-36(37)31(5)27-39(51-11-3)44(48,49)50/h10-11,19-22,27-28H,5,7,9,12-18,23-26,29,57H2,1-4,6,8H3,(H,52,55)/b30-19+,34-20-,38-10-,39-27-,51-11?. The first-order valence-corrected chi connectivity index (χ1v) is 20.2. The summed E-state index contributed by atoms with van der Waals surface area (Å²) >= 11 is 0. The number of halogens is 6. The number of aliphatic imine (C=N–C) groups is 1. The largest absolute Gasteiger partial charge is 0.433 e. The van der Waals surface area contributed by atoms with Gasteiger partial charge in [0.15, 0.2) is 0 Å². The number of nitrogens with zero attached hydrogens (tertiary/aromatic N) is 3. The smallest absolute Gasteiger partial charge is 0.381 e. The first-order chi connectivity index (χ1) is 26.8. The van der Waals surface area contributed by atoms with E-state index < -0.39 is 40.6 Å². The average molecular weight is 821 g/mol. The molecule has 6 nitrogen and oxygen atoms in total. The van der Waals surface area contributed by atoms with Crippen molar-refractivity contribution in [1.82, 2.24) is 10.0 Å². The van der Waals surface area contributed by atoms with Crippen molar-refractivity contribution in [2.45, 2.75) is 117 Å². The van der Waals surface area contributed by atoms with Gasteiger partial charge in [-0.05, 0) is 106 Å². The van der Waals surface area contributed by atoms with E-state index in [-0.39, 0.29) is 16.8 Å². The van der Waals surface area contributed by atoms with Crippen LogP contribution in [0.3, 0.4) is 0 Å². The number of allylic oxidation sites excluding steroid dienone is 8. The lowest BCUT2D eigenvalue weighted by Gasteiger charge is -2.52. The number of amides is 1. The van der Waals surface area contributed by atoms with E-state index in [9.17, 15) is 31.1 Å². The van der Waals surface area contributed by atoms with E-state index >= 15 is 0 Å². The fourth-order valence-corrected chi connectivity index (χ4v) is 7.63.